The van der Waals surface area contributed by atoms with E-state index in [1.807, 2.05) is 4.90 Å². The van der Waals surface area contributed by atoms with Gasteiger partial charge in [-0.05, 0) is 29.3 Å². The maximum atomic E-state index is 12.1. The molecule has 1 unspecified atom stereocenters. The van der Waals surface area contributed by atoms with Crippen LogP contribution in [0.25, 0.3) is 11.0 Å². The van der Waals surface area contributed by atoms with Crippen molar-refractivity contribution in [3.05, 3.63) is 45.3 Å². The highest BCUT2D eigenvalue weighted by atomic mass is 35.5. The first-order valence-corrected chi connectivity index (χ1v) is 20.2. The number of hydrogen-bond acceptors (Lipinski definition) is 14. The molecule has 0 spiro atoms. The van der Waals surface area contributed by atoms with E-state index in [1.165, 1.54) is 6.20 Å². The van der Waals surface area contributed by atoms with E-state index < -0.39 is 52.2 Å². The minimum Gasteiger partial charge on any atom is -0.387 e. The molecule has 4 rings (SSSR count). The smallest absolute Gasteiger partial charge is 0.340 e. The second-order valence-electron chi connectivity index (χ2n) is 11.2. The highest BCUT2D eigenvalue weighted by molar-refractivity contribution is 7.70. The Labute approximate surface area is 313 Å². The lowest BCUT2D eigenvalue weighted by Gasteiger charge is -2.25. The number of ether oxygens (including phenoxy) is 5. The van der Waals surface area contributed by atoms with Crippen LogP contribution in [0.4, 0.5) is 5.82 Å². The van der Waals surface area contributed by atoms with Crippen molar-refractivity contribution in [3.63, 3.8) is 0 Å². The monoisotopic (exact) mass is 831 g/mol. The molecule has 0 bridgehead atoms. The maximum absolute atomic E-state index is 12.1. The summed E-state index contributed by atoms with van der Waals surface area (Å²) in [6, 6.07) is 5.15. The van der Waals surface area contributed by atoms with Crippen LogP contribution < -0.4 is 4.90 Å². The van der Waals surface area contributed by atoms with Crippen molar-refractivity contribution >= 4 is 66.8 Å². The number of aliphatic hydroxyl groups is 2. The third-order valence-corrected chi connectivity index (χ3v) is 11.6. The van der Waals surface area contributed by atoms with E-state index in [0.29, 0.717) is 67.4 Å². The predicted molar refractivity (Wildman–Crippen MR) is 189 cm³/mol. The van der Waals surface area contributed by atoms with E-state index in [2.05, 4.69) is 21.0 Å². The van der Waals surface area contributed by atoms with Crippen molar-refractivity contribution in [1.29, 1.82) is 0 Å². The Morgan fingerprint density at radius 1 is 0.923 bits per heavy atom. The molecule has 1 fully saturated rings. The molecule has 0 aliphatic carbocycles. The second kappa shape index (κ2) is 20.1. The Bertz CT molecular complexity index is 1760. The molecular weight excluding hydrogens is 795 g/mol. The van der Waals surface area contributed by atoms with Gasteiger partial charge in [0.05, 0.1) is 74.5 Å². The Hall–Kier alpha value is -1.98. The van der Waals surface area contributed by atoms with Crippen molar-refractivity contribution in [3.8, 4) is 12.3 Å². The van der Waals surface area contributed by atoms with E-state index in [-0.39, 0.29) is 30.7 Å². The minimum atomic E-state index is -4.89. The predicted octanol–water partition coefficient (Wildman–Crippen LogP) is 2.45. The normalized spacial score (nSPS) is 20.3. The van der Waals surface area contributed by atoms with Crippen molar-refractivity contribution in [2.24, 2.45) is 0 Å². The Kier molecular flexibility index (Phi) is 16.5. The summed E-state index contributed by atoms with van der Waals surface area (Å²) in [5.41, 5.74) is 0.888. The third kappa shape index (κ3) is 12.8. The van der Waals surface area contributed by atoms with Crippen molar-refractivity contribution in [2.45, 2.75) is 31.1 Å². The van der Waals surface area contributed by atoms with Crippen LogP contribution in [0.2, 0.25) is 15.3 Å². The third-order valence-electron chi connectivity index (χ3n) is 7.25. The van der Waals surface area contributed by atoms with Gasteiger partial charge in [0.15, 0.2) is 17.8 Å². The Morgan fingerprint density at radius 2 is 1.58 bits per heavy atom. The van der Waals surface area contributed by atoms with E-state index in [0.717, 1.165) is 10.2 Å². The number of halogens is 3. The van der Waals surface area contributed by atoms with Crippen molar-refractivity contribution in [1.82, 2.24) is 19.7 Å². The fraction of sp³-hybridized carbons (Fsp3) is 0.552. The van der Waals surface area contributed by atoms with Crippen molar-refractivity contribution < 1.29 is 62.2 Å². The second-order valence-corrected chi connectivity index (χ2v) is 16.3. The summed E-state index contributed by atoms with van der Waals surface area (Å²) in [5, 5.41) is 26.7. The van der Waals surface area contributed by atoms with Gasteiger partial charge < -0.3 is 58.0 Å². The number of terminal acetylenes is 1. The molecule has 5 atom stereocenters. The summed E-state index contributed by atoms with van der Waals surface area (Å²) in [7, 11) is -9.66. The van der Waals surface area contributed by atoms with Crippen LogP contribution in [0.1, 0.15) is 11.8 Å². The summed E-state index contributed by atoms with van der Waals surface area (Å²) in [6.07, 6.45) is 0.499. The number of benzene rings is 1. The average molecular weight is 833 g/mol. The minimum absolute atomic E-state index is 0.112. The molecule has 23 heteroatoms. The van der Waals surface area contributed by atoms with Crippen molar-refractivity contribution in [2.75, 3.05) is 76.8 Å². The summed E-state index contributed by atoms with van der Waals surface area (Å²) in [6.45, 7) is 2.42. The lowest BCUT2D eigenvalue weighted by atomic mass is 10.1. The molecule has 0 saturated carbocycles. The fourth-order valence-electron chi connectivity index (χ4n) is 4.93. The zero-order chi connectivity index (χ0) is 37.9. The summed E-state index contributed by atoms with van der Waals surface area (Å²) in [4.78, 5) is 38.5. The first kappa shape index (κ1) is 42.8. The number of aliphatic hydroxyl groups excluding tert-OH is 2. The molecule has 1 aliphatic heterocycles. The lowest BCUT2D eigenvalue weighted by molar-refractivity contribution is -0.0541. The first-order valence-electron chi connectivity index (χ1n) is 15.6. The molecule has 2 aromatic heterocycles. The van der Waals surface area contributed by atoms with Gasteiger partial charge in [-0.25, -0.2) is 4.68 Å². The van der Waals surface area contributed by atoms with Crippen LogP contribution in [0, 0.1) is 12.3 Å². The van der Waals surface area contributed by atoms with Gasteiger partial charge in [-0.2, -0.15) is 15.1 Å². The quantitative estimate of drug-likeness (QED) is 0.0423. The van der Waals surface area contributed by atoms with Gasteiger partial charge in [-0.1, -0.05) is 35.2 Å². The molecule has 1 saturated heterocycles. The molecule has 1 aromatic carbocycles. The van der Waals surface area contributed by atoms with Gasteiger partial charge in [0.25, 0.3) is 0 Å². The molecule has 5 N–H and O–H groups in total. The fourth-order valence-corrected chi connectivity index (χ4v) is 7.98. The highest BCUT2D eigenvalue weighted by Gasteiger charge is 2.46. The lowest BCUT2D eigenvalue weighted by Crippen LogP contribution is -2.33. The van der Waals surface area contributed by atoms with E-state index in [4.69, 9.17) is 79.2 Å². The first-order chi connectivity index (χ1) is 24.7. The summed E-state index contributed by atoms with van der Waals surface area (Å²) < 4.78 is 56.9. The van der Waals surface area contributed by atoms with Crippen LogP contribution >= 0.6 is 50.0 Å². The SMILES string of the molecule is C#CCOCCOCCOCCOCCN(Cc1ccc(Cl)c(Cl)c1)c1nc(Cl)nc2c1cnn2[C@@H]1O[C@H](COP(=O)(O)CP(=O)(O)O)[C@@H](O)[C@H]1O. The molecule has 3 heterocycles. The largest absolute Gasteiger partial charge is 0.387 e. The number of aromatic nitrogens is 4. The zero-order valence-corrected chi connectivity index (χ0v) is 31.5. The van der Waals surface area contributed by atoms with Gasteiger partial charge in [0.1, 0.15) is 30.7 Å². The number of fused-ring (bicyclic) bond motifs is 1. The van der Waals surface area contributed by atoms with E-state index in [1.54, 1.807) is 18.2 Å². The molecule has 0 radical (unpaired) electrons. The van der Waals surface area contributed by atoms with E-state index in [9.17, 15) is 24.2 Å². The molecule has 288 valence electrons. The van der Waals surface area contributed by atoms with Crippen LogP contribution in [-0.2, 0) is 43.9 Å². The summed E-state index contributed by atoms with van der Waals surface area (Å²) in [5.74, 6) is 1.27. The summed E-state index contributed by atoms with van der Waals surface area (Å²) >= 11 is 18.8. The van der Waals surface area contributed by atoms with Gasteiger partial charge in [0, 0.05) is 13.1 Å². The van der Waals surface area contributed by atoms with Gasteiger partial charge in [0.2, 0.25) is 5.28 Å². The molecular formula is C29H38Cl3N5O13P2. The standard InChI is InChI=1S/C29H38Cl3N5O13P2/c1-2-6-45-8-10-47-12-13-48-11-9-46-7-5-36(16-19-3-4-21(30)22(31)14-19)26-20-15-33-37(27(20)35-29(32)34-26)28-25(39)24(38)23(50-28)17-49-52(43,44)18-51(40,41)42/h1,3-4,14-15,23-25,28,38-39H,5-13,16-18H2,(H,43,44)(H2,40,41,42)/t23-,24-,25-,28-/m1/s1. The average Bonchev–Trinajstić information content (AvgIpc) is 3.61. The molecule has 52 heavy (non-hydrogen) atoms. The van der Waals surface area contributed by atoms with Crippen LogP contribution in [-0.4, -0.2) is 135 Å². The molecule has 0 amide bonds. The molecule has 18 nitrogen and oxygen atoms in total. The molecule has 3 aromatic rings. The van der Waals surface area contributed by atoms with E-state index >= 15 is 0 Å². The van der Waals surface area contributed by atoms with Crippen LogP contribution in [0.5, 0.6) is 0 Å². The highest BCUT2D eigenvalue weighted by Crippen LogP contribution is 2.55. The zero-order valence-electron chi connectivity index (χ0n) is 27.4. The molecule has 1 aliphatic rings. The van der Waals surface area contributed by atoms with Gasteiger partial charge >= 0.3 is 15.2 Å². The Balaban J connectivity index is 1.45. The topological polar surface area (TPSA) is 238 Å². The van der Waals surface area contributed by atoms with Gasteiger partial charge in [-0.3, -0.25) is 9.13 Å². The Morgan fingerprint density at radius 3 is 2.21 bits per heavy atom. The van der Waals surface area contributed by atoms with Gasteiger partial charge in [-0.15, -0.1) is 6.42 Å². The number of rotatable bonds is 22. The number of anilines is 1. The number of hydrogen-bond donors (Lipinski definition) is 5. The maximum Gasteiger partial charge on any atom is 0.340 e. The number of nitrogens with zero attached hydrogens (tertiary/aromatic N) is 5. The van der Waals surface area contributed by atoms with Crippen LogP contribution in [0.15, 0.2) is 24.4 Å². The van der Waals surface area contributed by atoms with Crippen LogP contribution in [0.3, 0.4) is 0 Å².